The summed E-state index contributed by atoms with van der Waals surface area (Å²) < 4.78 is 10.1. The molecule has 0 aliphatic rings. The van der Waals surface area contributed by atoms with Crippen LogP contribution in [0.3, 0.4) is 0 Å². The molecule has 1 aromatic rings. The molecule has 0 aromatic carbocycles. The molecule has 0 aliphatic heterocycles. The highest BCUT2D eigenvalue weighted by Gasteiger charge is 2.10. The Kier molecular flexibility index (Phi) is 3.31. The fraction of sp³-hybridized carbons (Fsp3) is 0.500. The normalized spacial score (nSPS) is 9.46. The Balaban J connectivity index is 3.03. The van der Waals surface area contributed by atoms with Gasteiger partial charge in [0.25, 0.3) is 5.88 Å². The molecule has 0 saturated carbocycles. The van der Waals surface area contributed by atoms with E-state index in [4.69, 9.17) is 9.47 Å². The van der Waals surface area contributed by atoms with Crippen molar-refractivity contribution in [3.05, 3.63) is 6.33 Å². The van der Waals surface area contributed by atoms with E-state index in [-0.39, 0.29) is 0 Å². The maximum absolute atomic E-state index is 5.11. The highest BCUT2D eigenvalue weighted by molar-refractivity contribution is 5.54. The van der Waals surface area contributed by atoms with Gasteiger partial charge in [-0.3, -0.25) is 0 Å². The minimum Gasteiger partial charge on any atom is -0.489 e. The second-order valence-electron chi connectivity index (χ2n) is 2.30. The summed E-state index contributed by atoms with van der Waals surface area (Å²) in [5.41, 5.74) is 0. The van der Waals surface area contributed by atoms with Crippen molar-refractivity contribution in [1.29, 1.82) is 0 Å². The molecule has 13 heavy (non-hydrogen) atoms. The van der Waals surface area contributed by atoms with Crippen LogP contribution in [0.25, 0.3) is 0 Å². The Hall–Kier alpha value is -1.52. The van der Waals surface area contributed by atoms with Gasteiger partial charge in [-0.1, -0.05) is 0 Å². The standard InChI is InChI=1S/C8H13N3O2/c1-4-9-7-6(12-2)8(13-3)11-5-10-7/h5H,4H2,1-3H3,(H,9,10,11). The van der Waals surface area contributed by atoms with Crippen LogP contribution in [0.1, 0.15) is 6.92 Å². The largest absolute Gasteiger partial charge is 0.489 e. The molecule has 1 aromatic heterocycles. The molecule has 0 atom stereocenters. The monoisotopic (exact) mass is 183 g/mol. The van der Waals surface area contributed by atoms with E-state index in [0.29, 0.717) is 17.4 Å². The summed E-state index contributed by atoms with van der Waals surface area (Å²) in [5.74, 6) is 1.62. The smallest absolute Gasteiger partial charge is 0.262 e. The van der Waals surface area contributed by atoms with Gasteiger partial charge in [-0.05, 0) is 6.92 Å². The third-order valence-corrected chi connectivity index (χ3v) is 1.51. The van der Waals surface area contributed by atoms with Gasteiger partial charge in [0, 0.05) is 6.54 Å². The molecule has 0 unspecified atom stereocenters. The molecule has 0 saturated heterocycles. The van der Waals surface area contributed by atoms with E-state index in [1.807, 2.05) is 6.92 Å². The summed E-state index contributed by atoms with van der Waals surface area (Å²) in [5, 5.41) is 3.05. The number of methoxy groups -OCH3 is 2. The highest BCUT2D eigenvalue weighted by atomic mass is 16.5. The molecule has 5 heteroatoms. The SMILES string of the molecule is CCNc1ncnc(OC)c1OC. The number of anilines is 1. The molecular weight excluding hydrogens is 170 g/mol. The van der Waals surface area contributed by atoms with E-state index < -0.39 is 0 Å². The predicted octanol–water partition coefficient (Wildman–Crippen LogP) is 0.926. The van der Waals surface area contributed by atoms with Gasteiger partial charge in [0.2, 0.25) is 5.75 Å². The predicted molar refractivity (Wildman–Crippen MR) is 49.3 cm³/mol. The van der Waals surface area contributed by atoms with Crippen molar-refractivity contribution >= 4 is 5.82 Å². The van der Waals surface area contributed by atoms with Gasteiger partial charge < -0.3 is 14.8 Å². The van der Waals surface area contributed by atoms with Crippen LogP contribution in [0.2, 0.25) is 0 Å². The molecule has 1 N–H and O–H groups in total. The van der Waals surface area contributed by atoms with Crippen molar-refractivity contribution < 1.29 is 9.47 Å². The van der Waals surface area contributed by atoms with Crippen molar-refractivity contribution in [2.24, 2.45) is 0 Å². The highest BCUT2D eigenvalue weighted by Crippen LogP contribution is 2.29. The second-order valence-corrected chi connectivity index (χ2v) is 2.30. The van der Waals surface area contributed by atoms with E-state index in [1.54, 1.807) is 14.2 Å². The fourth-order valence-corrected chi connectivity index (χ4v) is 0.980. The van der Waals surface area contributed by atoms with Crippen molar-refractivity contribution in [2.45, 2.75) is 6.92 Å². The number of ether oxygens (including phenoxy) is 2. The average molecular weight is 183 g/mol. The van der Waals surface area contributed by atoms with Gasteiger partial charge in [-0.2, -0.15) is 4.98 Å². The van der Waals surface area contributed by atoms with Crippen molar-refractivity contribution in [3.63, 3.8) is 0 Å². The first-order valence-corrected chi connectivity index (χ1v) is 4.00. The number of rotatable bonds is 4. The lowest BCUT2D eigenvalue weighted by Crippen LogP contribution is -2.04. The van der Waals surface area contributed by atoms with Crippen molar-refractivity contribution in [2.75, 3.05) is 26.1 Å². The molecule has 1 heterocycles. The van der Waals surface area contributed by atoms with E-state index in [1.165, 1.54) is 6.33 Å². The lowest BCUT2D eigenvalue weighted by atomic mass is 10.5. The third kappa shape index (κ3) is 1.99. The quantitative estimate of drug-likeness (QED) is 0.752. The number of hydrogen-bond donors (Lipinski definition) is 1. The molecule has 0 spiro atoms. The molecule has 0 radical (unpaired) electrons. The zero-order valence-corrected chi connectivity index (χ0v) is 8.00. The first kappa shape index (κ1) is 9.57. The first-order chi connectivity index (χ1) is 6.33. The molecule has 0 amide bonds. The number of aromatic nitrogens is 2. The summed E-state index contributed by atoms with van der Waals surface area (Å²) in [6.07, 6.45) is 1.43. The number of nitrogens with one attached hydrogen (secondary N) is 1. The average Bonchev–Trinajstić information content (AvgIpc) is 2.18. The molecule has 1 rings (SSSR count). The minimum atomic E-state index is 0.438. The number of hydrogen-bond acceptors (Lipinski definition) is 5. The van der Waals surface area contributed by atoms with Crippen LogP contribution in [-0.2, 0) is 0 Å². The Morgan fingerprint density at radius 1 is 1.31 bits per heavy atom. The molecule has 0 fully saturated rings. The molecule has 72 valence electrons. The zero-order chi connectivity index (χ0) is 9.68. The van der Waals surface area contributed by atoms with E-state index in [2.05, 4.69) is 15.3 Å². The second kappa shape index (κ2) is 4.49. The van der Waals surface area contributed by atoms with Crippen LogP contribution in [0.5, 0.6) is 11.6 Å². The maximum atomic E-state index is 5.11. The Morgan fingerprint density at radius 3 is 2.62 bits per heavy atom. The zero-order valence-electron chi connectivity index (χ0n) is 8.00. The fourth-order valence-electron chi connectivity index (χ4n) is 0.980. The summed E-state index contributed by atoms with van der Waals surface area (Å²) in [6, 6.07) is 0. The lowest BCUT2D eigenvalue weighted by Gasteiger charge is -2.10. The van der Waals surface area contributed by atoms with Crippen LogP contribution in [-0.4, -0.2) is 30.7 Å². The topological polar surface area (TPSA) is 56.3 Å². The van der Waals surface area contributed by atoms with E-state index >= 15 is 0 Å². The number of nitrogens with zero attached hydrogens (tertiary/aromatic N) is 2. The Morgan fingerprint density at radius 2 is 2.08 bits per heavy atom. The van der Waals surface area contributed by atoms with Gasteiger partial charge >= 0.3 is 0 Å². The minimum absolute atomic E-state index is 0.438. The van der Waals surface area contributed by atoms with Crippen molar-refractivity contribution in [3.8, 4) is 11.6 Å². The van der Waals surface area contributed by atoms with Crippen molar-refractivity contribution in [1.82, 2.24) is 9.97 Å². The lowest BCUT2D eigenvalue weighted by molar-refractivity contribution is 0.342. The summed E-state index contributed by atoms with van der Waals surface area (Å²) in [4.78, 5) is 7.93. The Labute approximate surface area is 77.1 Å². The van der Waals surface area contributed by atoms with E-state index in [0.717, 1.165) is 6.54 Å². The third-order valence-electron chi connectivity index (χ3n) is 1.51. The first-order valence-electron chi connectivity index (χ1n) is 4.00. The van der Waals surface area contributed by atoms with Gasteiger partial charge in [-0.25, -0.2) is 4.98 Å². The van der Waals surface area contributed by atoms with Crippen LogP contribution < -0.4 is 14.8 Å². The Bertz CT molecular complexity index is 278. The summed E-state index contributed by atoms with van der Waals surface area (Å²) >= 11 is 0. The van der Waals surface area contributed by atoms with E-state index in [9.17, 15) is 0 Å². The molecule has 5 nitrogen and oxygen atoms in total. The summed E-state index contributed by atoms with van der Waals surface area (Å²) in [6.45, 7) is 2.75. The van der Waals surface area contributed by atoms with Gasteiger partial charge in [0.05, 0.1) is 14.2 Å². The van der Waals surface area contributed by atoms with Gasteiger partial charge in [0.1, 0.15) is 6.33 Å². The van der Waals surface area contributed by atoms with Crippen LogP contribution in [0.15, 0.2) is 6.33 Å². The van der Waals surface area contributed by atoms with Crippen LogP contribution in [0, 0.1) is 0 Å². The van der Waals surface area contributed by atoms with Gasteiger partial charge in [0.15, 0.2) is 5.82 Å². The molecule has 0 bridgehead atoms. The summed E-state index contributed by atoms with van der Waals surface area (Å²) in [7, 11) is 3.10. The molecule has 0 aliphatic carbocycles. The molecular formula is C8H13N3O2. The van der Waals surface area contributed by atoms with Crippen LogP contribution >= 0.6 is 0 Å². The maximum Gasteiger partial charge on any atom is 0.262 e. The van der Waals surface area contributed by atoms with Gasteiger partial charge in [-0.15, -0.1) is 0 Å². The van der Waals surface area contributed by atoms with Crippen LogP contribution in [0.4, 0.5) is 5.82 Å².